The molecule has 1 fully saturated rings. The van der Waals surface area contributed by atoms with E-state index in [1.54, 1.807) is 7.11 Å². The van der Waals surface area contributed by atoms with Crippen molar-refractivity contribution in [3.05, 3.63) is 24.3 Å². The standard InChI is InChI=1S/C14H20N2O2/c1-10(17)15-12-5-7-13(8-6-12)16-14(9-18-2)11-3-4-11/h5-8,11,14,16H,3-4,9H2,1-2H3,(H,15,17). The number of anilines is 2. The maximum absolute atomic E-state index is 10.9. The monoisotopic (exact) mass is 248 g/mol. The first-order valence-electron chi connectivity index (χ1n) is 6.32. The van der Waals surface area contributed by atoms with Crippen LogP contribution in [0.4, 0.5) is 11.4 Å². The zero-order valence-corrected chi connectivity index (χ0v) is 10.9. The van der Waals surface area contributed by atoms with E-state index < -0.39 is 0 Å². The van der Waals surface area contributed by atoms with Gasteiger partial charge in [0.15, 0.2) is 0 Å². The normalized spacial score (nSPS) is 16.1. The smallest absolute Gasteiger partial charge is 0.221 e. The van der Waals surface area contributed by atoms with Crippen LogP contribution in [0.1, 0.15) is 19.8 Å². The van der Waals surface area contributed by atoms with E-state index in [1.807, 2.05) is 24.3 Å². The molecule has 4 heteroatoms. The lowest BCUT2D eigenvalue weighted by Gasteiger charge is -2.18. The van der Waals surface area contributed by atoms with Gasteiger partial charge in [-0.3, -0.25) is 4.79 Å². The van der Waals surface area contributed by atoms with E-state index in [2.05, 4.69) is 10.6 Å². The molecule has 2 rings (SSSR count). The summed E-state index contributed by atoms with van der Waals surface area (Å²) in [6.45, 7) is 2.24. The van der Waals surface area contributed by atoms with Gasteiger partial charge in [-0.25, -0.2) is 0 Å². The highest BCUT2D eigenvalue weighted by Crippen LogP contribution is 2.34. The largest absolute Gasteiger partial charge is 0.383 e. The number of methoxy groups -OCH3 is 1. The first kappa shape index (κ1) is 12.9. The van der Waals surface area contributed by atoms with Gasteiger partial charge in [0.2, 0.25) is 5.91 Å². The van der Waals surface area contributed by atoms with Crippen LogP contribution in [0, 0.1) is 5.92 Å². The molecule has 0 aliphatic heterocycles. The van der Waals surface area contributed by atoms with Crippen LogP contribution in [0.3, 0.4) is 0 Å². The van der Waals surface area contributed by atoms with Gasteiger partial charge >= 0.3 is 0 Å². The van der Waals surface area contributed by atoms with Gasteiger partial charge in [0.25, 0.3) is 0 Å². The first-order valence-corrected chi connectivity index (χ1v) is 6.32. The fourth-order valence-electron chi connectivity index (χ4n) is 2.04. The molecule has 1 aromatic carbocycles. The molecule has 0 saturated heterocycles. The van der Waals surface area contributed by atoms with Gasteiger partial charge in [-0.2, -0.15) is 0 Å². The maximum Gasteiger partial charge on any atom is 0.221 e. The summed E-state index contributed by atoms with van der Waals surface area (Å²) in [5.74, 6) is 0.686. The molecule has 1 saturated carbocycles. The number of carbonyl (C=O) groups is 1. The summed E-state index contributed by atoms with van der Waals surface area (Å²) in [4.78, 5) is 10.9. The van der Waals surface area contributed by atoms with Crippen LogP contribution < -0.4 is 10.6 Å². The lowest BCUT2D eigenvalue weighted by Crippen LogP contribution is -2.27. The van der Waals surface area contributed by atoms with Gasteiger partial charge in [-0.1, -0.05) is 0 Å². The summed E-state index contributed by atoms with van der Waals surface area (Å²) in [7, 11) is 1.73. The van der Waals surface area contributed by atoms with Gasteiger partial charge in [-0.15, -0.1) is 0 Å². The Kier molecular flexibility index (Phi) is 4.20. The Labute approximate surface area is 108 Å². The van der Waals surface area contributed by atoms with Crippen LogP contribution in [-0.2, 0) is 9.53 Å². The Morgan fingerprint density at radius 1 is 1.33 bits per heavy atom. The van der Waals surface area contributed by atoms with Crippen molar-refractivity contribution < 1.29 is 9.53 Å². The van der Waals surface area contributed by atoms with Crippen molar-refractivity contribution in [3.63, 3.8) is 0 Å². The molecule has 1 amide bonds. The molecule has 2 N–H and O–H groups in total. The summed E-state index contributed by atoms with van der Waals surface area (Å²) in [6.07, 6.45) is 2.57. The van der Waals surface area contributed by atoms with Crippen LogP contribution in [0.2, 0.25) is 0 Å². The van der Waals surface area contributed by atoms with Crippen molar-refractivity contribution >= 4 is 17.3 Å². The first-order chi connectivity index (χ1) is 8.69. The zero-order valence-electron chi connectivity index (χ0n) is 10.9. The minimum atomic E-state index is -0.0500. The summed E-state index contributed by atoms with van der Waals surface area (Å²) in [6, 6.07) is 8.16. The van der Waals surface area contributed by atoms with Gasteiger partial charge in [0.1, 0.15) is 0 Å². The molecule has 1 aromatic rings. The summed E-state index contributed by atoms with van der Waals surface area (Å²) >= 11 is 0. The minimum Gasteiger partial charge on any atom is -0.383 e. The highest BCUT2D eigenvalue weighted by atomic mass is 16.5. The van der Waals surface area contributed by atoms with E-state index in [1.165, 1.54) is 19.8 Å². The predicted octanol–water partition coefficient (Wildman–Crippen LogP) is 2.48. The van der Waals surface area contributed by atoms with Crippen molar-refractivity contribution in [1.29, 1.82) is 0 Å². The highest BCUT2D eigenvalue weighted by molar-refractivity contribution is 5.88. The number of nitrogens with one attached hydrogen (secondary N) is 2. The second-order valence-corrected chi connectivity index (χ2v) is 4.80. The molecule has 4 nitrogen and oxygen atoms in total. The fourth-order valence-corrected chi connectivity index (χ4v) is 2.04. The van der Waals surface area contributed by atoms with E-state index in [-0.39, 0.29) is 5.91 Å². The summed E-state index contributed by atoms with van der Waals surface area (Å²) in [5.41, 5.74) is 1.89. The lowest BCUT2D eigenvalue weighted by atomic mass is 10.2. The SMILES string of the molecule is COCC(Nc1ccc(NC(C)=O)cc1)C1CC1. The Hall–Kier alpha value is -1.55. The van der Waals surface area contributed by atoms with Crippen molar-refractivity contribution in [2.24, 2.45) is 5.92 Å². The van der Waals surface area contributed by atoms with E-state index >= 15 is 0 Å². The number of hydrogen-bond donors (Lipinski definition) is 2. The molecule has 0 aromatic heterocycles. The summed E-state index contributed by atoms with van der Waals surface area (Å²) in [5, 5.41) is 6.24. The minimum absolute atomic E-state index is 0.0500. The Morgan fingerprint density at radius 3 is 2.44 bits per heavy atom. The molecule has 1 unspecified atom stereocenters. The van der Waals surface area contributed by atoms with Crippen LogP contribution in [-0.4, -0.2) is 25.7 Å². The summed E-state index contributed by atoms with van der Waals surface area (Å²) < 4.78 is 5.23. The number of rotatable bonds is 6. The molecule has 18 heavy (non-hydrogen) atoms. The van der Waals surface area contributed by atoms with Crippen molar-refractivity contribution in [1.82, 2.24) is 0 Å². The number of hydrogen-bond acceptors (Lipinski definition) is 3. The molecule has 1 aliphatic carbocycles. The zero-order chi connectivity index (χ0) is 13.0. The van der Waals surface area contributed by atoms with E-state index in [9.17, 15) is 4.79 Å². The van der Waals surface area contributed by atoms with Crippen LogP contribution >= 0.6 is 0 Å². The second-order valence-electron chi connectivity index (χ2n) is 4.80. The predicted molar refractivity (Wildman–Crippen MR) is 72.8 cm³/mol. The molecular weight excluding hydrogens is 228 g/mol. The van der Waals surface area contributed by atoms with Crippen LogP contribution in [0.25, 0.3) is 0 Å². The van der Waals surface area contributed by atoms with Gasteiger partial charge in [0, 0.05) is 25.4 Å². The quantitative estimate of drug-likeness (QED) is 0.813. The molecule has 1 aliphatic rings. The van der Waals surface area contributed by atoms with Gasteiger partial charge < -0.3 is 15.4 Å². The number of carbonyl (C=O) groups excluding carboxylic acids is 1. The highest BCUT2D eigenvalue weighted by Gasteiger charge is 2.30. The average Bonchev–Trinajstić information content (AvgIpc) is 3.14. The molecular formula is C14H20N2O2. The Balaban J connectivity index is 1.93. The van der Waals surface area contributed by atoms with Crippen molar-refractivity contribution in [2.75, 3.05) is 24.4 Å². The third kappa shape index (κ3) is 3.74. The fraction of sp³-hybridized carbons (Fsp3) is 0.500. The number of amides is 1. The van der Waals surface area contributed by atoms with E-state index in [4.69, 9.17) is 4.74 Å². The topological polar surface area (TPSA) is 50.4 Å². The average molecular weight is 248 g/mol. The maximum atomic E-state index is 10.9. The van der Waals surface area contributed by atoms with E-state index in [0.29, 0.717) is 6.04 Å². The third-order valence-corrected chi connectivity index (χ3v) is 3.09. The van der Waals surface area contributed by atoms with Crippen LogP contribution in [0.5, 0.6) is 0 Å². The van der Waals surface area contributed by atoms with E-state index in [0.717, 1.165) is 23.9 Å². The second kappa shape index (κ2) is 5.87. The molecule has 98 valence electrons. The van der Waals surface area contributed by atoms with Gasteiger partial charge in [-0.05, 0) is 43.0 Å². The van der Waals surface area contributed by atoms with Crippen LogP contribution in [0.15, 0.2) is 24.3 Å². The van der Waals surface area contributed by atoms with Crippen molar-refractivity contribution in [3.8, 4) is 0 Å². The number of ether oxygens (including phenoxy) is 1. The Morgan fingerprint density at radius 2 is 1.94 bits per heavy atom. The van der Waals surface area contributed by atoms with Gasteiger partial charge in [0.05, 0.1) is 12.6 Å². The molecule has 0 bridgehead atoms. The molecule has 0 radical (unpaired) electrons. The number of benzene rings is 1. The van der Waals surface area contributed by atoms with Crippen molar-refractivity contribution in [2.45, 2.75) is 25.8 Å². The Bertz CT molecular complexity index is 399. The molecule has 0 spiro atoms. The lowest BCUT2D eigenvalue weighted by molar-refractivity contribution is -0.114. The third-order valence-electron chi connectivity index (χ3n) is 3.09. The molecule has 0 heterocycles. The molecule has 1 atom stereocenters.